The van der Waals surface area contributed by atoms with Gasteiger partial charge in [0.1, 0.15) is 0 Å². The quantitative estimate of drug-likeness (QED) is 0.802. The first-order valence-corrected chi connectivity index (χ1v) is 10.7. The minimum absolute atomic E-state index is 0.245. The number of hydrogen-bond acceptors (Lipinski definition) is 3. The van der Waals surface area contributed by atoms with E-state index >= 15 is 0 Å². The summed E-state index contributed by atoms with van der Waals surface area (Å²) in [4.78, 5) is 12.3. The first kappa shape index (κ1) is 17.3. The van der Waals surface area contributed by atoms with Crippen LogP contribution in [0.2, 0.25) is 0 Å². The van der Waals surface area contributed by atoms with E-state index in [1.807, 2.05) is 36.4 Å². The zero-order valence-corrected chi connectivity index (χ0v) is 15.3. The molecule has 2 aliphatic rings. The van der Waals surface area contributed by atoms with Gasteiger partial charge in [-0.3, -0.25) is 4.79 Å². The molecule has 4 rings (SSSR count). The molecular weight excluding hydrogens is 348 g/mol. The average Bonchev–Trinajstić information content (AvgIpc) is 3.50. The van der Waals surface area contributed by atoms with Crippen LogP contribution in [0.5, 0.6) is 0 Å². The van der Waals surface area contributed by atoms with Gasteiger partial charge in [0.05, 0.1) is 16.1 Å². The molecule has 1 unspecified atom stereocenters. The Labute approximate surface area is 153 Å². The molecule has 2 aromatic rings. The Morgan fingerprint density at radius 3 is 2.31 bits per heavy atom. The van der Waals surface area contributed by atoms with Gasteiger partial charge in [-0.25, -0.2) is 8.42 Å². The molecule has 2 saturated carbocycles. The van der Waals surface area contributed by atoms with E-state index in [4.69, 9.17) is 0 Å². The molecule has 4 nitrogen and oxygen atoms in total. The smallest absolute Gasteiger partial charge is 0.311 e. The molecule has 1 N–H and O–H groups in total. The Hall–Kier alpha value is -2.14. The number of sulfone groups is 1. The molecule has 2 fully saturated rings. The van der Waals surface area contributed by atoms with Crippen molar-refractivity contribution in [1.29, 1.82) is 0 Å². The molecular formula is C21H22O4S. The van der Waals surface area contributed by atoms with E-state index in [1.165, 1.54) is 0 Å². The normalized spacial score (nSPS) is 18.5. The molecule has 1 atom stereocenters. The van der Waals surface area contributed by atoms with Crippen molar-refractivity contribution in [3.8, 4) is 0 Å². The number of hydrogen-bond donors (Lipinski definition) is 1. The second-order valence-electron chi connectivity index (χ2n) is 7.40. The molecule has 2 aliphatic carbocycles. The van der Waals surface area contributed by atoms with Gasteiger partial charge in [-0.05, 0) is 60.8 Å². The summed E-state index contributed by atoms with van der Waals surface area (Å²) in [6.07, 6.45) is 3.83. The Kier molecular flexibility index (Phi) is 4.35. The lowest BCUT2D eigenvalue weighted by molar-refractivity contribution is -0.138. The SMILES string of the molecule is O=C(O)C(Cc1ccccc1)c1ccc(S(=O)(=O)C2CC2)c(C2CC2)c1. The van der Waals surface area contributed by atoms with E-state index in [-0.39, 0.29) is 11.2 Å². The molecule has 0 radical (unpaired) electrons. The number of carboxylic acid groups (broad SMARTS) is 1. The summed E-state index contributed by atoms with van der Waals surface area (Å²) < 4.78 is 25.5. The monoisotopic (exact) mass is 370 g/mol. The van der Waals surface area contributed by atoms with E-state index in [1.54, 1.807) is 12.1 Å². The van der Waals surface area contributed by atoms with Gasteiger partial charge in [-0.1, -0.05) is 42.5 Å². The Morgan fingerprint density at radius 2 is 1.73 bits per heavy atom. The van der Waals surface area contributed by atoms with Crippen LogP contribution in [0.4, 0.5) is 0 Å². The highest BCUT2D eigenvalue weighted by Gasteiger charge is 2.40. The van der Waals surface area contributed by atoms with Crippen molar-refractivity contribution in [1.82, 2.24) is 0 Å². The van der Waals surface area contributed by atoms with Crippen LogP contribution in [0.15, 0.2) is 53.4 Å². The van der Waals surface area contributed by atoms with E-state index in [9.17, 15) is 18.3 Å². The lowest BCUT2D eigenvalue weighted by Gasteiger charge is -2.17. The lowest BCUT2D eigenvalue weighted by atomic mass is 9.90. The fourth-order valence-electron chi connectivity index (χ4n) is 3.51. The third-order valence-electron chi connectivity index (χ3n) is 5.30. The second kappa shape index (κ2) is 6.54. The number of carboxylic acids is 1. The summed E-state index contributed by atoms with van der Waals surface area (Å²) in [6.45, 7) is 0. The molecule has 136 valence electrons. The first-order valence-electron chi connectivity index (χ1n) is 9.11. The van der Waals surface area contributed by atoms with Crippen LogP contribution in [0.1, 0.15) is 54.2 Å². The highest BCUT2D eigenvalue weighted by Crippen LogP contribution is 2.46. The molecule has 0 spiro atoms. The molecule has 0 bridgehead atoms. The molecule has 2 aromatic carbocycles. The molecule has 0 aromatic heterocycles. The first-order chi connectivity index (χ1) is 12.5. The van der Waals surface area contributed by atoms with Crippen LogP contribution in [-0.4, -0.2) is 24.7 Å². The van der Waals surface area contributed by atoms with Crippen molar-refractivity contribution < 1.29 is 18.3 Å². The van der Waals surface area contributed by atoms with Gasteiger partial charge in [0, 0.05) is 0 Å². The van der Waals surface area contributed by atoms with Crippen molar-refractivity contribution >= 4 is 15.8 Å². The number of benzene rings is 2. The molecule has 0 aliphatic heterocycles. The van der Waals surface area contributed by atoms with Crippen molar-refractivity contribution in [2.75, 3.05) is 0 Å². The van der Waals surface area contributed by atoms with Crippen molar-refractivity contribution in [3.05, 3.63) is 65.2 Å². The Bertz CT molecular complexity index is 926. The summed E-state index contributed by atoms with van der Waals surface area (Å²) in [5.41, 5.74) is 2.48. The van der Waals surface area contributed by atoms with Gasteiger partial charge in [-0.2, -0.15) is 0 Å². The van der Waals surface area contributed by atoms with Gasteiger partial charge in [0.2, 0.25) is 0 Å². The molecule has 0 amide bonds. The van der Waals surface area contributed by atoms with E-state index in [0.29, 0.717) is 16.9 Å². The van der Waals surface area contributed by atoms with Crippen LogP contribution in [0.3, 0.4) is 0 Å². The maximum Gasteiger partial charge on any atom is 0.311 e. The van der Waals surface area contributed by atoms with Gasteiger partial charge < -0.3 is 5.11 Å². The molecule has 5 heteroatoms. The summed E-state index contributed by atoms with van der Waals surface area (Å²) >= 11 is 0. The van der Waals surface area contributed by atoms with E-state index in [0.717, 1.165) is 36.8 Å². The van der Waals surface area contributed by atoms with Gasteiger partial charge in [-0.15, -0.1) is 0 Å². The fourth-order valence-corrected chi connectivity index (χ4v) is 5.44. The van der Waals surface area contributed by atoms with Gasteiger partial charge >= 0.3 is 5.97 Å². The fraction of sp³-hybridized carbons (Fsp3) is 0.381. The second-order valence-corrected chi connectivity index (χ2v) is 9.59. The lowest BCUT2D eigenvalue weighted by Crippen LogP contribution is -2.16. The van der Waals surface area contributed by atoms with Gasteiger partial charge in [0.15, 0.2) is 9.84 Å². The van der Waals surface area contributed by atoms with Crippen LogP contribution < -0.4 is 0 Å². The number of aliphatic carboxylic acids is 1. The number of carbonyl (C=O) groups is 1. The van der Waals surface area contributed by atoms with E-state index in [2.05, 4.69) is 0 Å². The summed E-state index contributed by atoms with van der Waals surface area (Å²) in [6, 6.07) is 14.7. The van der Waals surface area contributed by atoms with Crippen molar-refractivity contribution in [3.63, 3.8) is 0 Å². The summed E-state index contributed by atoms with van der Waals surface area (Å²) in [5, 5.41) is 9.50. The maximum absolute atomic E-state index is 12.7. The minimum atomic E-state index is -3.27. The topological polar surface area (TPSA) is 71.4 Å². The van der Waals surface area contributed by atoms with Crippen molar-refractivity contribution in [2.45, 2.75) is 54.1 Å². The molecule has 26 heavy (non-hydrogen) atoms. The third kappa shape index (κ3) is 3.40. The largest absolute Gasteiger partial charge is 0.481 e. The Balaban J connectivity index is 1.71. The average molecular weight is 370 g/mol. The highest BCUT2D eigenvalue weighted by molar-refractivity contribution is 7.92. The van der Waals surface area contributed by atoms with Crippen molar-refractivity contribution in [2.24, 2.45) is 0 Å². The number of rotatable bonds is 7. The minimum Gasteiger partial charge on any atom is -0.481 e. The predicted octanol–water partition coefficient (Wildman–Crippen LogP) is 3.91. The zero-order chi connectivity index (χ0) is 18.3. The third-order valence-corrected chi connectivity index (χ3v) is 7.64. The van der Waals surface area contributed by atoms with Crippen LogP contribution in [-0.2, 0) is 21.1 Å². The van der Waals surface area contributed by atoms with Gasteiger partial charge in [0.25, 0.3) is 0 Å². The molecule has 0 saturated heterocycles. The highest BCUT2D eigenvalue weighted by atomic mass is 32.2. The summed E-state index contributed by atoms with van der Waals surface area (Å²) in [5.74, 6) is -1.30. The van der Waals surface area contributed by atoms with E-state index < -0.39 is 21.7 Å². The van der Waals surface area contributed by atoms with Crippen LogP contribution in [0.25, 0.3) is 0 Å². The Morgan fingerprint density at radius 1 is 1.04 bits per heavy atom. The maximum atomic E-state index is 12.7. The standard InChI is InChI=1S/C21H22O4S/c22-21(23)19(12-14-4-2-1-3-5-14)16-8-11-20(18(13-16)15-6-7-15)26(24,25)17-9-10-17/h1-5,8,11,13,15,17,19H,6-7,9-10,12H2,(H,22,23). The van der Waals surface area contributed by atoms with Crippen LogP contribution >= 0.6 is 0 Å². The zero-order valence-electron chi connectivity index (χ0n) is 14.5. The predicted molar refractivity (Wildman–Crippen MR) is 99.1 cm³/mol. The van der Waals surface area contributed by atoms with Crippen LogP contribution in [0, 0.1) is 0 Å². The summed E-state index contributed by atoms with van der Waals surface area (Å²) in [7, 11) is -3.27. The molecule has 0 heterocycles.